The van der Waals surface area contributed by atoms with E-state index in [1.807, 2.05) is 0 Å². The van der Waals surface area contributed by atoms with Gasteiger partial charge in [0.1, 0.15) is 31.0 Å². The number of carbonyl (C=O) groups is 3. The summed E-state index contributed by atoms with van der Waals surface area (Å²) in [5.74, 6) is -5.78. The van der Waals surface area contributed by atoms with Crippen LogP contribution in [0, 0.1) is 11.8 Å². The van der Waals surface area contributed by atoms with Crippen LogP contribution in [0.3, 0.4) is 0 Å². The molecule has 14 nitrogen and oxygen atoms in total. The van der Waals surface area contributed by atoms with Crippen molar-refractivity contribution in [3.63, 3.8) is 0 Å². The first-order chi connectivity index (χ1) is 20.8. The van der Waals surface area contributed by atoms with Crippen LogP contribution in [0.4, 0.5) is 0 Å². The van der Waals surface area contributed by atoms with Crippen LogP contribution in [0.25, 0.3) is 0 Å². The van der Waals surface area contributed by atoms with Crippen LogP contribution in [0.15, 0.2) is 0 Å². The molecule has 0 spiro atoms. The third kappa shape index (κ3) is 10.0. The fourth-order valence-corrected chi connectivity index (χ4v) is 4.97. The van der Waals surface area contributed by atoms with Crippen molar-refractivity contribution in [2.24, 2.45) is 11.8 Å². The number of carbonyl (C=O) groups excluding carboxylic acids is 3. The van der Waals surface area contributed by atoms with Crippen LogP contribution in [-0.4, -0.2) is 118 Å². The molecule has 44 heavy (non-hydrogen) atoms. The zero-order valence-electron chi connectivity index (χ0n) is 26.5. The predicted octanol–water partition coefficient (Wildman–Crippen LogP) is 0.710. The summed E-state index contributed by atoms with van der Waals surface area (Å²) in [5, 5.41) is 51.1. The second kappa shape index (κ2) is 18.3. The van der Waals surface area contributed by atoms with Crippen molar-refractivity contribution in [1.82, 2.24) is 0 Å². The SMILES string of the molecule is CCCCCCCCCC(=O)O[C@H]1[C@@H](O[C@@]2(CO)O[C@@H](CO)[C@@H](O)[C@H]2O)O[C@@H](CO)[C@@H](OC(=O)C(C)C)[C@@H]1OC(=O)C(C)C. The van der Waals surface area contributed by atoms with Crippen LogP contribution in [0.5, 0.6) is 0 Å². The lowest BCUT2D eigenvalue weighted by molar-refractivity contribution is -0.384. The van der Waals surface area contributed by atoms with Gasteiger partial charge in [-0.05, 0) is 6.42 Å². The van der Waals surface area contributed by atoms with Gasteiger partial charge < -0.3 is 54.0 Å². The zero-order chi connectivity index (χ0) is 33.0. The first kappa shape index (κ1) is 38.3. The van der Waals surface area contributed by atoms with Crippen LogP contribution in [0.1, 0.15) is 86.0 Å². The molecule has 0 aromatic rings. The van der Waals surface area contributed by atoms with Gasteiger partial charge in [-0.1, -0.05) is 73.1 Å². The maximum absolute atomic E-state index is 13.1. The Morgan fingerprint density at radius 2 is 1.30 bits per heavy atom. The summed E-state index contributed by atoms with van der Waals surface area (Å²) in [6, 6.07) is 0. The van der Waals surface area contributed by atoms with E-state index in [0.717, 1.165) is 38.5 Å². The smallest absolute Gasteiger partial charge is 0.308 e. The van der Waals surface area contributed by atoms with Crippen molar-refractivity contribution < 1.29 is 68.3 Å². The highest BCUT2D eigenvalue weighted by molar-refractivity contribution is 5.73. The Morgan fingerprint density at radius 3 is 1.80 bits per heavy atom. The van der Waals surface area contributed by atoms with Gasteiger partial charge in [0.05, 0.1) is 25.0 Å². The number of aliphatic hydroxyl groups excluding tert-OH is 5. The Labute approximate surface area is 258 Å². The van der Waals surface area contributed by atoms with Gasteiger partial charge in [0, 0.05) is 6.42 Å². The van der Waals surface area contributed by atoms with E-state index in [4.69, 9.17) is 28.4 Å². The monoisotopic (exact) mass is 636 g/mol. The molecule has 0 bridgehead atoms. The largest absolute Gasteiger partial charge is 0.455 e. The topological polar surface area (TPSA) is 208 Å². The summed E-state index contributed by atoms with van der Waals surface area (Å²) in [5.41, 5.74) is 0. The summed E-state index contributed by atoms with van der Waals surface area (Å²) in [4.78, 5) is 38.6. The molecule has 0 aromatic heterocycles. The van der Waals surface area contributed by atoms with Crippen molar-refractivity contribution in [3.05, 3.63) is 0 Å². The molecule has 9 atom stereocenters. The van der Waals surface area contributed by atoms with Crippen molar-refractivity contribution in [2.75, 3.05) is 19.8 Å². The molecule has 2 rings (SSSR count). The van der Waals surface area contributed by atoms with E-state index >= 15 is 0 Å². The second-order valence-electron chi connectivity index (χ2n) is 12.0. The first-order valence-corrected chi connectivity index (χ1v) is 15.7. The highest BCUT2D eigenvalue weighted by Crippen LogP contribution is 2.38. The molecule has 2 aliphatic rings. The number of ether oxygens (including phenoxy) is 6. The molecule has 0 saturated carbocycles. The fourth-order valence-electron chi connectivity index (χ4n) is 4.97. The maximum Gasteiger partial charge on any atom is 0.308 e. The Balaban J connectivity index is 2.43. The average molecular weight is 637 g/mol. The molecule has 2 heterocycles. The van der Waals surface area contributed by atoms with Crippen molar-refractivity contribution in [1.29, 1.82) is 0 Å². The molecule has 0 radical (unpaired) electrons. The molecule has 256 valence electrons. The molecular formula is C30H52O14. The average Bonchev–Trinajstić information content (AvgIpc) is 3.23. The lowest BCUT2D eigenvalue weighted by atomic mass is 9.97. The summed E-state index contributed by atoms with van der Waals surface area (Å²) in [7, 11) is 0. The summed E-state index contributed by atoms with van der Waals surface area (Å²) < 4.78 is 34.3. The van der Waals surface area contributed by atoms with E-state index in [0.29, 0.717) is 6.42 Å². The second-order valence-corrected chi connectivity index (χ2v) is 12.0. The Kier molecular flexibility index (Phi) is 15.9. The molecule has 5 N–H and O–H groups in total. The van der Waals surface area contributed by atoms with Crippen LogP contribution < -0.4 is 0 Å². The van der Waals surface area contributed by atoms with Crippen molar-refractivity contribution in [2.45, 2.75) is 141 Å². The summed E-state index contributed by atoms with van der Waals surface area (Å²) in [6.07, 6.45) is -6.03. The highest BCUT2D eigenvalue weighted by Gasteiger charge is 2.60. The van der Waals surface area contributed by atoms with Gasteiger partial charge in [-0.15, -0.1) is 0 Å². The van der Waals surface area contributed by atoms with Gasteiger partial charge in [-0.2, -0.15) is 0 Å². The van der Waals surface area contributed by atoms with Gasteiger partial charge in [0.2, 0.25) is 12.1 Å². The molecule has 2 aliphatic heterocycles. The van der Waals surface area contributed by atoms with Crippen molar-refractivity contribution >= 4 is 17.9 Å². The standard InChI is InChI=1S/C30H52O14/c1-6-7-8-9-10-11-12-13-21(34)40-25-24(42-28(38)18(4)5)23(41-27(37)17(2)3)20(15-32)39-29(25)44-30(16-33)26(36)22(35)19(14-31)43-30/h17-20,22-26,29,31-33,35-36H,6-16H2,1-5H3/t19-,20-,22+,23+,24-,25+,26+,29+,30+/m0/s1. The Hall–Kier alpha value is -1.91. The van der Waals surface area contributed by atoms with E-state index in [1.54, 1.807) is 27.7 Å². The molecule has 2 saturated heterocycles. The Bertz CT molecular complexity index is 897. The zero-order valence-corrected chi connectivity index (χ0v) is 26.5. The Morgan fingerprint density at radius 1 is 0.750 bits per heavy atom. The number of aliphatic hydroxyl groups is 5. The van der Waals surface area contributed by atoms with Crippen molar-refractivity contribution in [3.8, 4) is 0 Å². The molecule has 14 heteroatoms. The van der Waals surface area contributed by atoms with Crippen LogP contribution in [0.2, 0.25) is 0 Å². The minimum absolute atomic E-state index is 0.00269. The van der Waals surface area contributed by atoms with Gasteiger partial charge in [-0.25, -0.2) is 0 Å². The van der Waals surface area contributed by atoms with E-state index < -0.39 is 104 Å². The summed E-state index contributed by atoms with van der Waals surface area (Å²) >= 11 is 0. The third-order valence-electron chi connectivity index (χ3n) is 7.69. The van der Waals surface area contributed by atoms with Gasteiger partial charge in [0.25, 0.3) is 0 Å². The number of rotatable bonds is 18. The molecule has 0 amide bonds. The third-order valence-corrected chi connectivity index (χ3v) is 7.69. The van der Waals surface area contributed by atoms with E-state index in [9.17, 15) is 39.9 Å². The quantitative estimate of drug-likeness (QED) is 0.0798. The highest BCUT2D eigenvalue weighted by atomic mass is 16.8. The molecule has 2 fully saturated rings. The van der Waals surface area contributed by atoms with E-state index in [2.05, 4.69) is 6.92 Å². The fraction of sp³-hybridized carbons (Fsp3) is 0.900. The number of esters is 3. The molecule has 0 aromatic carbocycles. The summed E-state index contributed by atoms with van der Waals surface area (Å²) in [6.45, 7) is 5.88. The normalized spacial score (nSPS) is 32.2. The van der Waals surface area contributed by atoms with Gasteiger partial charge in [-0.3, -0.25) is 14.4 Å². The number of hydrogen-bond acceptors (Lipinski definition) is 14. The number of hydrogen-bond donors (Lipinski definition) is 5. The minimum Gasteiger partial charge on any atom is -0.455 e. The first-order valence-electron chi connectivity index (χ1n) is 15.7. The lowest BCUT2D eigenvalue weighted by Crippen LogP contribution is -2.65. The molecular weight excluding hydrogens is 584 g/mol. The lowest BCUT2D eigenvalue weighted by Gasteiger charge is -2.46. The molecule has 0 unspecified atom stereocenters. The van der Waals surface area contributed by atoms with E-state index in [-0.39, 0.29) is 6.42 Å². The van der Waals surface area contributed by atoms with Gasteiger partial charge >= 0.3 is 17.9 Å². The van der Waals surface area contributed by atoms with Gasteiger partial charge in [0.15, 0.2) is 18.3 Å². The van der Waals surface area contributed by atoms with Crippen LogP contribution >= 0.6 is 0 Å². The predicted molar refractivity (Wildman–Crippen MR) is 153 cm³/mol. The minimum atomic E-state index is -2.37. The van der Waals surface area contributed by atoms with E-state index in [1.165, 1.54) is 0 Å². The van der Waals surface area contributed by atoms with Crippen LogP contribution in [-0.2, 0) is 42.8 Å². The maximum atomic E-state index is 13.1. The molecule has 0 aliphatic carbocycles. The number of unbranched alkanes of at least 4 members (excludes halogenated alkanes) is 6.